The van der Waals surface area contributed by atoms with E-state index in [4.69, 9.17) is 42.8 Å². The summed E-state index contributed by atoms with van der Waals surface area (Å²) in [6.45, 7) is 7.42. The second-order valence-electron chi connectivity index (χ2n) is 9.29. The number of halogens is 2. The van der Waals surface area contributed by atoms with E-state index in [0.717, 1.165) is 22.4 Å². The van der Waals surface area contributed by atoms with Crippen molar-refractivity contribution in [2.45, 2.75) is 39.7 Å². The molecule has 0 saturated heterocycles. The summed E-state index contributed by atoms with van der Waals surface area (Å²) in [6.07, 6.45) is 0.291. The van der Waals surface area contributed by atoms with Crippen LogP contribution in [-0.2, 0) is 4.79 Å². The largest absolute Gasteiger partial charge is 0.496 e. The third-order valence-electron chi connectivity index (χ3n) is 6.18. The molecule has 0 aliphatic rings. The van der Waals surface area contributed by atoms with Gasteiger partial charge in [0.25, 0.3) is 5.56 Å². The number of carbonyl (C=O) groups is 1. The molecule has 202 valence electrons. The number of fused-ring (bicyclic) bond motifs is 1. The predicted molar refractivity (Wildman–Crippen MR) is 154 cm³/mol. The van der Waals surface area contributed by atoms with Gasteiger partial charge in [0.15, 0.2) is 17.7 Å². The Hall–Kier alpha value is -3.88. The maximum atomic E-state index is 13.6. The van der Waals surface area contributed by atoms with E-state index in [1.54, 1.807) is 25.3 Å². The molecule has 0 radical (unpaired) electrons. The topological polar surface area (TPSA) is 103 Å². The van der Waals surface area contributed by atoms with E-state index in [-0.39, 0.29) is 27.3 Å². The summed E-state index contributed by atoms with van der Waals surface area (Å²) in [5.74, 6) is 0.179. The Labute approximate surface area is 235 Å². The summed E-state index contributed by atoms with van der Waals surface area (Å²) in [4.78, 5) is 29.6. The third-order valence-corrected chi connectivity index (χ3v) is 6.74. The van der Waals surface area contributed by atoms with Crippen molar-refractivity contribution in [1.82, 2.24) is 9.66 Å². The number of aliphatic carboxylic acids is 1. The number of carboxylic acids is 1. The lowest BCUT2D eigenvalue weighted by molar-refractivity contribution is -0.144. The van der Waals surface area contributed by atoms with Gasteiger partial charge in [-0.2, -0.15) is 9.78 Å². The van der Waals surface area contributed by atoms with Crippen LogP contribution in [0.4, 0.5) is 0 Å². The molecular weight excluding hydrogens is 541 g/mol. The maximum Gasteiger partial charge on any atom is 0.344 e. The zero-order valence-corrected chi connectivity index (χ0v) is 23.5. The van der Waals surface area contributed by atoms with Gasteiger partial charge in [0, 0.05) is 5.56 Å². The van der Waals surface area contributed by atoms with E-state index in [1.807, 2.05) is 25.1 Å². The molecule has 1 heterocycles. The van der Waals surface area contributed by atoms with Gasteiger partial charge in [-0.15, -0.1) is 0 Å². The Morgan fingerprint density at radius 1 is 1.10 bits per heavy atom. The average molecular weight is 568 g/mol. The molecule has 1 N–H and O–H groups in total. The van der Waals surface area contributed by atoms with Gasteiger partial charge in [0.2, 0.25) is 0 Å². The number of rotatable bonds is 8. The number of nitrogens with zero attached hydrogens (tertiary/aromatic N) is 3. The third kappa shape index (κ3) is 5.77. The Morgan fingerprint density at radius 2 is 1.77 bits per heavy atom. The fourth-order valence-corrected chi connectivity index (χ4v) is 4.68. The Balaban J connectivity index is 1.88. The molecule has 0 spiro atoms. The van der Waals surface area contributed by atoms with Crippen LogP contribution in [0.2, 0.25) is 10.0 Å². The number of carboxylic acid groups (broad SMARTS) is 1. The van der Waals surface area contributed by atoms with Gasteiger partial charge >= 0.3 is 5.97 Å². The number of hydrogen-bond donors (Lipinski definition) is 1. The summed E-state index contributed by atoms with van der Waals surface area (Å²) in [7, 11) is 1.63. The van der Waals surface area contributed by atoms with Crippen molar-refractivity contribution in [3.05, 3.63) is 85.6 Å². The van der Waals surface area contributed by atoms with E-state index < -0.39 is 12.1 Å². The minimum Gasteiger partial charge on any atom is -0.496 e. The molecule has 0 aliphatic heterocycles. The van der Waals surface area contributed by atoms with Gasteiger partial charge in [-0.3, -0.25) is 4.79 Å². The van der Waals surface area contributed by atoms with Crippen molar-refractivity contribution < 1.29 is 19.4 Å². The zero-order chi connectivity index (χ0) is 28.4. The van der Waals surface area contributed by atoms with E-state index in [1.165, 1.54) is 29.9 Å². The number of benzene rings is 3. The first kappa shape index (κ1) is 28.1. The molecule has 4 rings (SSSR count). The number of aromatic nitrogens is 2. The highest BCUT2D eigenvalue weighted by molar-refractivity contribution is 6.37. The molecule has 0 bridgehead atoms. The quantitative estimate of drug-likeness (QED) is 0.242. The molecule has 4 aromatic rings. The minimum absolute atomic E-state index is 0.0469. The van der Waals surface area contributed by atoms with Crippen LogP contribution >= 0.6 is 23.2 Å². The molecule has 10 heteroatoms. The van der Waals surface area contributed by atoms with Gasteiger partial charge in [-0.05, 0) is 72.9 Å². The van der Waals surface area contributed by atoms with Gasteiger partial charge in [-0.25, -0.2) is 9.78 Å². The molecule has 39 heavy (non-hydrogen) atoms. The van der Waals surface area contributed by atoms with E-state index in [2.05, 4.69) is 18.9 Å². The SMILES string of the molecule is COc1cc(C)c(-c2nc3ccccc3c(=O)n2N=Cc2cc(Cl)c(O[C@H](C)C(=O)O)c(Cl)c2)cc1C(C)C. The fourth-order valence-electron chi connectivity index (χ4n) is 4.09. The normalized spacial score (nSPS) is 12.3. The number of ether oxygens (including phenoxy) is 2. The summed E-state index contributed by atoms with van der Waals surface area (Å²) < 4.78 is 12.2. The van der Waals surface area contributed by atoms with Crippen molar-refractivity contribution >= 4 is 46.3 Å². The highest BCUT2D eigenvalue weighted by Gasteiger charge is 2.20. The second-order valence-corrected chi connectivity index (χ2v) is 10.1. The first-order valence-electron chi connectivity index (χ1n) is 12.1. The molecule has 0 amide bonds. The first-order chi connectivity index (χ1) is 18.5. The molecule has 8 nitrogen and oxygen atoms in total. The van der Waals surface area contributed by atoms with Gasteiger partial charge in [0.05, 0.1) is 34.3 Å². The van der Waals surface area contributed by atoms with Gasteiger partial charge in [0.1, 0.15) is 5.75 Å². The van der Waals surface area contributed by atoms with Crippen molar-refractivity contribution in [2.24, 2.45) is 5.10 Å². The summed E-state index contributed by atoms with van der Waals surface area (Å²) in [5.41, 5.74) is 3.25. The lowest BCUT2D eigenvalue weighted by Gasteiger charge is -2.17. The van der Waals surface area contributed by atoms with Crippen LogP contribution in [0.3, 0.4) is 0 Å². The van der Waals surface area contributed by atoms with Crippen LogP contribution in [0.1, 0.15) is 43.4 Å². The monoisotopic (exact) mass is 567 g/mol. The van der Waals surface area contributed by atoms with Crippen molar-refractivity contribution in [3.63, 3.8) is 0 Å². The molecular formula is C29H27Cl2N3O5. The fraction of sp³-hybridized carbons (Fsp3) is 0.241. The van der Waals surface area contributed by atoms with Crippen molar-refractivity contribution in [1.29, 1.82) is 0 Å². The minimum atomic E-state index is -1.15. The van der Waals surface area contributed by atoms with Gasteiger partial charge < -0.3 is 14.6 Å². The average Bonchev–Trinajstić information content (AvgIpc) is 2.89. The molecule has 1 atom stereocenters. The van der Waals surface area contributed by atoms with E-state index in [9.17, 15) is 9.59 Å². The molecule has 3 aromatic carbocycles. The molecule has 0 saturated carbocycles. The van der Waals surface area contributed by atoms with Gasteiger partial charge in [-0.1, -0.05) is 49.2 Å². The van der Waals surface area contributed by atoms with Crippen LogP contribution in [0.5, 0.6) is 11.5 Å². The summed E-state index contributed by atoms with van der Waals surface area (Å²) in [5, 5.41) is 14.2. The van der Waals surface area contributed by atoms with Crippen LogP contribution in [0, 0.1) is 6.92 Å². The smallest absolute Gasteiger partial charge is 0.344 e. The number of hydrogen-bond acceptors (Lipinski definition) is 6. The molecule has 1 aromatic heterocycles. The lowest BCUT2D eigenvalue weighted by atomic mass is 9.96. The Kier molecular flexibility index (Phi) is 8.28. The zero-order valence-electron chi connectivity index (χ0n) is 22.0. The van der Waals surface area contributed by atoms with Crippen LogP contribution in [0.25, 0.3) is 22.3 Å². The van der Waals surface area contributed by atoms with E-state index >= 15 is 0 Å². The van der Waals surface area contributed by atoms with Crippen LogP contribution < -0.4 is 15.0 Å². The number of para-hydroxylation sites is 1. The summed E-state index contributed by atoms with van der Waals surface area (Å²) in [6, 6.07) is 14.0. The molecule has 0 fully saturated rings. The van der Waals surface area contributed by atoms with Crippen molar-refractivity contribution in [3.8, 4) is 22.9 Å². The highest BCUT2D eigenvalue weighted by atomic mass is 35.5. The lowest BCUT2D eigenvalue weighted by Crippen LogP contribution is -2.23. The standard InChI is InChI=1S/C29H27Cl2N3O5/c1-15(2)20-13-21(16(3)10-25(20)38-5)27-33-24-9-7-6-8-19(24)28(35)34(27)32-14-18-11-22(30)26(23(31)12-18)39-17(4)29(36)37/h6-15,17H,1-5H3,(H,36,37)/t17-/m1/s1. The van der Waals surface area contributed by atoms with Crippen LogP contribution in [0.15, 0.2) is 58.4 Å². The number of aryl methyl sites for hydroxylation is 1. The molecule has 0 aliphatic carbocycles. The van der Waals surface area contributed by atoms with E-state index in [0.29, 0.717) is 22.3 Å². The number of methoxy groups -OCH3 is 1. The Bertz CT molecular complexity index is 1640. The maximum absolute atomic E-state index is 13.6. The second kappa shape index (κ2) is 11.5. The summed E-state index contributed by atoms with van der Waals surface area (Å²) >= 11 is 12.7. The first-order valence-corrected chi connectivity index (χ1v) is 12.9. The Morgan fingerprint density at radius 3 is 2.38 bits per heavy atom. The predicted octanol–water partition coefficient (Wildman–Crippen LogP) is 6.54. The highest BCUT2D eigenvalue weighted by Crippen LogP contribution is 2.36. The molecule has 0 unspecified atom stereocenters. The van der Waals surface area contributed by atoms with Crippen LogP contribution in [-0.4, -0.2) is 40.2 Å². The van der Waals surface area contributed by atoms with Crippen molar-refractivity contribution in [2.75, 3.05) is 7.11 Å².